The fourth-order valence-electron chi connectivity index (χ4n) is 2.36. The summed E-state index contributed by atoms with van der Waals surface area (Å²) in [6, 6.07) is 10.3. The van der Waals surface area contributed by atoms with Crippen LogP contribution in [0.1, 0.15) is 105 Å². The largest absolute Gasteiger partial charge is 0.385 e. The van der Waals surface area contributed by atoms with E-state index in [1.54, 1.807) is 35.5 Å². The molecule has 0 bridgehead atoms. The Morgan fingerprint density at radius 3 is 1.34 bits per heavy atom. The van der Waals surface area contributed by atoms with Crippen molar-refractivity contribution in [3.63, 3.8) is 0 Å². The van der Waals surface area contributed by atoms with Gasteiger partial charge in [-0.2, -0.15) is 0 Å². The minimum absolute atomic E-state index is 0.260. The maximum absolute atomic E-state index is 5.29. The second-order valence-corrected chi connectivity index (χ2v) is 8.04. The molecule has 0 saturated heterocycles. The molecule has 0 radical (unpaired) electrons. The van der Waals surface area contributed by atoms with Gasteiger partial charge in [0, 0.05) is 55.4 Å². The van der Waals surface area contributed by atoms with E-state index in [-0.39, 0.29) is 6.10 Å². The summed E-state index contributed by atoms with van der Waals surface area (Å²) in [5.41, 5.74) is 1.26. The predicted octanol–water partition coefficient (Wildman–Crippen LogP) is 8.51. The van der Waals surface area contributed by atoms with Crippen LogP contribution in [-0.4, -0.2) is 61.5 Å². The van der Waals surface area contributed by atoms with Crippen LogP contribution in [0.5, 0.6) is 0 Å². The minimum Gasteiger partial charge on any atom is -0.385 e. The molecule has 0 saturated carbocycles. The summed E-state index contributed by atoms with van der Waals surface area (Å²) < 4.78 is 24.5. The van der Waals surface area contributed by atoms with E-state index in [4.69, 9.17) is 23.7 Å². The summed E-state index contributed by atoms with van der Waals surface area (Å²) in [4.78, 5) is 0. The van der Waals surface area contributed by atoms with Crippen LogP contribution in [0, 0.1) is 0 Å². The lowest BCUT2D eigenvalue weighted by molar-refractivity contribution is 0.100. The zero-order chi connectivity index (χ0) is 27.6. The third-order valence-corrected chi connectivity index (χ3v) is 4.87. The van der Waals surface area contributed by atoms with Crippen LogP contribution >= 0.6 is 0 Å². The molecular weight excluding hydrogens is 440 g/mol. The lowest BCUT2D eigenvalue weighted by atomic mass is 10.1. The molecule has 0 aliphatic carbocycles. The van der Waals surface area contributed by atoms with Crippen molar-refractivity contribution in [2.75, 3.05) is 55.4 Å². The van der Waals surface area contributed by atoms with Gasteiger partial charge in [0.2, 0.25) is 0 Å². The molecule has 0 aliphatic rings. The highest BCUT2D eigenvalue weighted by molar-refractivity contribution is 5.17. The molecule has 0 aromatic heterocycles. The Morgan fingerprint density at radius 2 is 1.09 bits per heavy atom. The van der Waals surface area contributed by atoms with Gasteiger partial charge < -0.3 is 23.7 Å². The van der Waals surface area contributed by atoms with Gasteiger partial charge in [0.05, 0.1) is 12.2 Å². The fraction of sp³-hybridized carbons (Fsp3) is 0.800. The molecule has 35 heavy (non-hydrogen) atoms. The van der Waals surface area contributed by atoms with E-state index in [1.165, 1.54) is 37.7 Å². The number of hydrogen-bond acceptors (Lipinski definition) is 5. The zero-order valence-electron chi connectivity index (χ0n) is 25.4. The van der Waals surface area contributed by atoms with E-state index in [0.717, 1.165) is 39.1 Å². The number of hydrogen-bond donors (Lipinski definition) is 0. The van der Waals surface area contributed by atoms with Gasteiger partial charge in [-0.15, -0.1) is 0 Å². The highest BCUT2D eigenvalue weighted by Gasteiger charge is 2.04. The van der Waals surface area contributed by atoms with Gasteiger partial charge in [0.25, 0.3) is 0 Å². The summed E-state index contributed by atoms with van der Waals surface area (Å²) in [7, 11) is 8.67. The van der Waals surface area contributed by atoms with E-state index in [0.29, 0.717) is 6.10 Å². The molecule has 1 aromatic rings. The quantitative estimate of drug-likeness (QED) is 0.239. The smallest absolute Gasteiger partial charge is 0.0818 e. The SMILES string of the molecule is CCC(C)OC.CCC(OC)c1ccccc1.CCCCCOC.CCCCOC.CCCOC. The number of ether oxygens (including phenoxy) is 5. The van der Waals surface area contributed by atoms with Crippen molar-refractivity contribution in [3.05, 3.63) is 35.9 Å². The Labute approximate surface area is 220 Å². The van der Waals surface area contributed by atoms with Gasteiger partial charge in [-0.3, -0.25) is 0 Å². The zero-order valence-corrected chi connectivity index (χ0v) is 25.4. The maximum atomic E-state index is 5.29. The molecule has 0 aliphatic heterocycles. The lowest BCUT2D eigenvalue weighted by Gasteiger charge is -2.12. The second kappa shape index (κ2) is 40.2. The third-order valence-electron chi connectivity index (χ3n) is 4.87. The molecule has 0 fully saturated rings. The van der Waals surface area contributed by atoms with Gasteiger partial charge in [0.1, 0.15) is 0 Å². The molecule has 1 rings (SSSR count). The first-order valence-corrected chi connectivity index (χ1v) is 13.5. The van der Waals surface area contributed by atoms with E-state index in [1.807, 2.05) is 18.2 Å². The van der Waals surface area contributed by atoms with Gasteiger partial charge in [-0.1, -0.05) is 84.2 Å². The van der Waals surface area contributed by atoms with Crippen LogP contribution < -0.4 is 0 Å². The molecule has 0 amide bonds. The highest BCUT2D eigenvalue weighted by Crippen LogP contribution is 2.18. The Hall–Kier alpha value is -0.980. The van der Waals surface area contributed by atoms with Crippen molar-refractivity contribution in [2.24, 2.45) is 0 Å². The monoisotopic (exact) mass is 502 g/mol. The minimum atomic E-state index is 0.260. The first kappa shape index (κ1) is 41.2. The molecule has 0 N–H and O–H groups in total. The molecule has 2 unspecified atom stereocenters. The first-order valence-electron chi connectivity index (χ1n) is 13.5. The number of unbranched alkanes of at least 4 members (excludes halogenated alkanes) is 3. The van der Waals surface area contributed by atoms with Crippen molar-refractivity contribution in [1.29, 1.82) is 0 Å². The molecule has 0 heterocycles. The summed E-state index contributed by atoms with van der Waals surface area (Å²) in [5.74, 6) is 0. The molecule has 2 atom stereocenters. The van der Waals surface area contributed by atoms with Crippen molar-refractivity contribution in [2.45, 2.75) is 105 Å². The van der Waals surface area contributed by atoms with Gasteiger partial charge in [-0.25, -0.2) is 0 Å². The Bertz CT molecular complexity index is 410. The topological polar surface area (TPSA) is 46.2 Å². The normalized spacial score (nSPS) is 11.2. The van der Waals surface area contributed by atoms with Gasteiger partial charge >= 0.3 is 0 Å². The Kier molecular flexibility index (Phi) is 47.3. The number of rotatable bonds is 14. The Morgan fingerprint density at radius 1 is 0.571 bits per heavy atom. The van der Waals surface area contributed by atoms with Crippen molar-refractivity contribution < 1.29 is 23.7 Å². The van der Waals surface area contributed by atoms with E-state index >= 15 is 0 Å². The summed E-state index contributed by atoms with van der Waals surface area (Å²) in [6.07, 6.45) is 10.2. The van der Waals surface area contributed by atoms with E-state index in [2.05, 4.69) is 53.7 Å². The summed E-state index contributed by atoms with van der Waals surface area (Å²) in [6.45, 7) is 15.4. The van der Waals surface area contributed by atoms with Crippen LogP contribution in [0.4, 0.5) is 0 Å². The standard InChI is InChI=1S/C10H14O.C6H14O.2C5H12O.C4H10O/c1-3-10(11-2)9-7-5-4-6-8-9;1-3-4-5-6-7-2;1-4-5(2)6-3;1-3-4-5-6-2;1-3-4-5-2/h4-8,10H,3H2,1-2H3;3-6H2,1-2H3;5H,4H2,1-3H3;3-5H2,1-2H3;3-4H2,1-2H3. The molecule has 1 aromatic carbocycles. The van der Waals surface area contributed by atoms with Gasteiger partial charge in [0.15, 0.2) is 0 Å². The van der Waals surface area contributed by atoms with Crippen LogP contribution in [0.15, 0.2) is 30.3 Å². The van der Waals surface area contributed by atoms with Crippen LogP contribution in [0.25, 0.3) is 0 Å². The van der Waals surface area contributed by atoms with Crippen LogP contribution in [0.3, 0.4) is 0 Å². The van der Waals surface area contributed by atoms with Crippen molar-refractivity contribution in [1.82, 2.24) is 0 Å². The first-order chi connectivity index (χ1) is 16.9. The van der Waals surface area contributed by atoms with Gasteiger partial charge in [-0.05, 0) is 44.6 Å². The highest BCUT2D eigenvalue weighted by atomic mass is 16.5. The average molecular weight is 503 g/mol. The molecule has 212 valence electrons. The summed E-state index contributed by atoms with van der Waals surface area (Å²) >= 11 is 0. The number of benzene rings is 1. The third kappa shape index (κ3) is 40.5. The van der Waals surface area contributed by atoms with Crippen LogP contribution in [0.2, 0.25) is 0 Å². The molecule has 0 spiro atoms. The predicted molar refractivity (Wildman–Crippen MR) is 154 cm³/mol. The number of methoxy groups -OCH3 is 5. The van der Waals surface area contributed by atoms with Crippen LogP contribution in [-0.2, 0) is 23.7 Å². The molecular formula is C30H62O5. The van der Waals surface area contributed by atoms with E-state index in [9.17, 15) is 0 Å². The average Bonchev–Trinajstić information content (AvgIpc) is 2.90. The van der Waals surface area contributed by atoms with Crippen molar-refractivity contribution >= 4 is 0 Å². The molecule has 5 nitrogen and oxygen atoms in total. The maximum Gasteiger partial charge on any atom is 0.0818 e. The lowest BCUT2D eigenvalue weighted by Crippen LogP contribution is -2.00. The fourth-order valence-corrected chi connectivity index (χ4v) is 2.36. The van der Waals surface area contributed by atoms with Crippen molar-refractivity contribution in [3.8, 4) is 0 Å². The molecule has 5 heteroatoms. The van der Waals surface area contributed by atoms with E-state index < -0.39 is 0 Å². The summed E-state index contributed by atoms with van der Waals surface area (Å²) in [5, 5.41) is 0. The Balaban J connectivity index is -0.000000178. The second-order valence-electron chi connectivity index (χ2n) is 8.04.